The van der Waals surface area contributed by atoms with Crippen molar-refractivity contribution in [3.63, 3.8) is 0 Å². The van der Waals surface area contributed by atoms with Gasteiger partial charge in [0.25, 0.3) is 0 Å². The van der Waals surface area contributed by atoms with Crippen LogP contribution in [0.15, 0.2) is 41.3 Å². The molecule has 0 radical (unpaired) electrons. The van der Waals surface area contributed by atoms with Crippen molar-refractivity contribution in [3.05, 3.63) is 59.2 Å². The number of thioether (sulfide) groups is 1. The second kappa shape index (κ2) is 7.38. The van der Waals surface area contributed by atoms with Crippen LogP contribution in [0.25, 0.3) is 0 Å². The van der Waals surface area contributed by atoms with Crippen LogP contribution in [0.3, 0.4) is 0 Å². The van der Waals surface area contributed by atoms with Gasteiger partial charge in [0.1, 0.15) is 22.8 Å². The molecule has 1 fully saturated rings. The molecule has 120 valence electrons. The normalized spacial score (nSPS) is 12.9. The molecule has 0 bridgehead atoms. The topological polar surface area (TPSA) is 33.0 Å². The average molecular weight is 341 g/mol. The molecule has 0 atom stereocenters. The van der Waals surface area contributed by atoms with Gasteiger partial charge in [-0.3, -0.25) is 0 Å². The molecule has 2 nitrogen and oxygen atoms in total. The highest BCUT2D eigenvalue weighted by Gasteiger charge is 2.21. The van der Waals surface area contributed by atoms with Gasteiger partial charge in [-0.25, -0.2) is 8.78 Å². The van der Waals surface area contributed by atoms with Crippen LogP contribution in [-0.2, 0) is 0 Å². The summed E-state index contributed by atoms with van der Waals surface area (Å²) < 4.78 is 33.3. The number of nitrogens with zero attached hydrogens (tertiary/aromatic N) is 1. The lowest BCUT2D eigenvalue weighted by Crippen LogP contribution is -1.99. The van der Waals surface area contributed by atoms with E-state index in [0.29, 0.717) is 23.8 Å². The van der Waals surface area contributed by atoms with Gasteiger partial charge in [0.2, 0.25) is 0 Å². The van der Waals surface area contributed by atoms with Gasteiger partial charge < -0.3 is 4.74 Å². The minimum Gasteiger partial charge on any atom is -0.493 e. The van der Waals surface area contributed by atoms with Crippen LogP contribution in [0, 0.1) is 40.1 Å². The first-order valence-electron chi connectivity index (χ1n) is 7.45. The summed E-state index contributed by atoms with van der Waals surface area (Å²) in [6.07, 6.45) is 2.35. The minimum atomic E-state index is -0.516. The Balaban J connectivity index is 1.72. The Kier molecular flexibility index (Phi) is 5.03. The molecule has 0 spiro atoms. The van der Waals surface area contributed by atoms with Gasteiger partial charge in [-0.2, -0.15) is 5.26 Å². The Morgan fingerprint density at radius 1 is 1.08 bits per heavy atom. The molecule has 24 heavy (non-hydrogen) atoms. The number of nitriles is 1. The highest BCUT2D eigenvalue weighted by atomic mass is 32.2. The van der Waals surface area contributed by atoms with E-state index in [2.05, 4.69) is 11.8 Å². The first-order valence-corrected chi connectivity index (χ1v) is 8.27. The van der Waals surface area contributed by atoms with Crippen LogP contribution in [0.4, 0.5) is 8.78 Å². The van der Waals surface area contributed by atoms with Crippen molar-refractivity contribution in [1.29, 1.82) is 5.26 Å². The molecule has 0 aliphatic heterocycles. The average Bonchev–Trinajstić information content (AvgIpc) is 3.39. The van der Waals surface area contributed by atoms with Gasteiger partial charge in [-0.1, -0.05) is 11.8 Å². The van der Waals surface area contributed by atoms with E-state index in [9.17, 15) is 8.78 Å². The van der Waals surface area contributed by atoms with Crippen molar-refractivity contribution in [2.24, 2.45) is 5.92 Å². The third-order valence-corrected chi connectivity index (χ3v) is 4.19. The number of halogens is 2. The van der Waals surface area contributed by atoms with Crippen molar-refractivity contribution in [3.8, 4) is 23.0 Å². The molecule has 3 rings (SSSR count). The monoisotopic (exact) mass is 341 g/mol. The summed E-state index contributed by atoms with van der Waals surface area (Å²) in [4.78, 5) is 0.242. The number of thiocyanates is 1. The molecule has 1 aliphatic rings. The van der Waals surface area contributed by atoms with Crippen LogP contribution >= 0.6 is 11.8 Å². The Morgan fingerprint density at radius 2 is 1.92 bits per heavy atom. The van der Waals surface area contributed by atoms with Crippen LogP contribution in [0.2, 0.25) is 0 Å². The predicted molar refractivity (Wildman–Crippen MR) is 88.5 cm³/mol. The Labute approximate surface area is 143 Å². The van der Waals surface area contributed by atoms with Gasteiger partial charge in [-0.15, -0.1) is 0 Å². The third-order valence-electron chi connectivity index (χ3n) is 3.55. The summed E-state index contributed by atoms with van der Waals surface area (Å²) >= 11 is 0.749. The third kappa shape index (κ3) is 4.28. The van der Waals surface area contributed by atoms with Crippen LogP contribution in [-0.4, -0.2) is 6.61 Å². The van der Waals surface area contributed by atoms with E-state index in [4.69, 9.17) is 10.00 Å². The zero-order valence-corrected chi connectivity index (χ0v) is 13.5. The van der Waals surface area contributed by atoms with Crippen LogP contribution in [0.1, 0.15) is 24.0 Å². The molecule has 5 heteroatoms. The summed E-state index contributed by atoms with van der Waals surface area (Å²) in [6.45, 7) is 0.622. The van der Waals surface area contributed by atoms with E-state index in [1.807, 2.05) is 5.40 Å². The van der Waals surface area contributed by atoms with Crippen molar-refractivity contribution >= 4 is 11.8 Å². The maximum atomic E-state index is 14.0. The van der Waals surface area contributed by atoms with E-state index in [-0.39, 0.29) is 10.5 Å². The van der Waals surface area contributed by atoms with E-state index in [0.717, 1.165) is 11.8 Å². The first kappa shape index (κ1) is 16.4. The largest absolute Gasteiger partial charge is 0.493 e. The van der Waals surface area contributed by atoms with Gasteiger partial charge in [0.15, 0.2) is 0 Å². The van der Waals surface area contributed by atoms with E-state index in [1.165, 1.54) is 31.0 Å². The molecule has 0 amide bonds. The van der Waals surface area contributed by atoms with Crippen molar-refractivity contribution in [2.45, 2.75) is 17.7 Å². The predicted octanol–water partition coefficient (Wildman–Crippen LogP) is 4.73. The number of ether oxygens (including phenoxy) is 1. The number of hydrogen-bond donors (Lipinski definition) is 0. The van der Waals surface area contributed by atoms with E-state index < -0.39 is 11.6 Å². The molecule has 0 heterocycles. The standard InChI is InChI=1S/C19H13F2NOS/c20-17-10-16(23-11-14-1-2-14)7-6-15(17)5-3-13-4-8-19(24-12-22)18(21)9-13/h4,6-10,14H,1-2,11H2. The Morgan fingerprint density at radius 3 is 2.58 bits per heavy atom. The number of rotatable bonds is 4. The van der Waals surface area contributed by atoms with Gasteiger partial charge >= 0.3 is 0 Å². The summed E-state index contributed by atoms with van der Waals surface area (Å²) in [5, 5.41) is 10.4. The molecule has 1 aliphatic carbocycles. The lowest BCUT2D eigenvalue weighted by molar-refractivity contribution is 0.298. The highest BCUT2D eigenvalue weighted by Crippen LogP contribution is 2.29. The zero-order valence-electron chi connectivity index (χ0n) is 12.7. The number of benzene rings is 2. The molecule has 0 saturated heterocycles. The van der Waals surface area contributed by atoms with E-state index >= 15 is 0 Å². The quantitative estimate of drug-likeness (QED) is 0.458. The summed E-state index contributed by atoms with van der Waals surface area (Å²) in [5.74, 6) is 5.54. The SMILES string of the molecule is N#CSc1ccc(C#Cc2ccc(OCC3CC3)cc2F)cc1F. The van der Waals surface area contributed by atoms with Crippen molar-refractivity contribution in [2.75, 3.05) is 6.61 Å². The molecule has 0 N–H and O–H groups in total. The molecule has 2 aromatic rings. The fourth-order valence-corrected chi connectivity index (χ4v) is 2.43. The maximum Gasteiger partial charge on any atom is 0.142 e. The Hall–Kier alpha value is -2.50. The van der Waals surface area contributed by atoms with Gasteiger partial charge in [-0.05, 0) is 60.9 Å². The van der Waals surface area contributed by atoms with Crippen molar-refractivity contribution < 1.29 is 13.5 Å². The molecular formula is C19H13F2NOS. The summed E-state index contributed by atoms with van der Waals surface area (Å²) in [6, 6.07) is 8.88. The highest BCUT2D eigenvalue weighted by molar-refractivity contribution is 8.03. The molecular weight excluding hydrogens is 328 g/mol. The molecule has 2 aromatic carbocycles. The second-order valence-electron chi connectivity index (χ2n) is 5.48. The van der Waals surface area contributed by atoms with Gasteiger partial charge in [0, 0.05) is 11.6 Å². The summed E-state index contributed by atoms with van der Waals surface area (Å²) in [5.41, 5.74) is 0.646. The fourth-order valence-electron chi connectivity index (χ4n) is 2.04. The zero-order chi connectivity index (χ0) is 16.9. The number of hydrogen-bond acceptors (Lipinski definition) is 3. The molecule has 0 aromatic heterocycles. The fraction of sp³-hybridized carbons (Fsp3) is 0.211. The van der Waals surface area contributed by atoms with Crippen LogP contribution < -0.4 is 4.74 Å². The second-order valence-corrected chi connectivity index (χ2v) is 6.31. The molecule has 0 unspecified atom stereocenters. The van der Waals surface area contributed by atoms with Crippen LogP contribution in [0.5, 0.6) is 5.75 Å². The maximum absolute atomic E-state index is 14.0. The minimum absolute atomic E-state index is 0.227. The molecule has 1 saturated carbocycles. The lowest BCUT2D eigenvalue weighted by Gasteiger charge is -2.05. The Bertz CT molecular complexity index is 860. The lowest BCUT2D eigenvalue weighted by atomic mass is 10.1. The summed E-state index contributed by atoms with van der Waals surface area (Å²) in [7, 11) is 0. The van der Waals surface area contributed by atoms with E-state index in [1.54, 1.807) is 18.2 Å². The van der Waals surface area contributed by atoms with Gasteiger partial charge in [0.05, 0.1) is 17.1 Å². The van der Waals surface area contributed by atoms with Crippen molar-refractivity contribution in [1.82, 2.24) is 0 Å². The first-order chi connectivity index (χ1) is 11.7. The smallest absolute Gasteiger partial charge is 0.142 e.